The summed E-state index contributed by atoms with van der Waals surface area (Å²) in [5.41, 5.74) is 0.917. The standard InChI is InChI=1S/C13H12ClFN2O2/c14-9-6-8(3-4-10(9)15)12(7-18)17-13(19)11-2-1-5-16-11/h1-6,12,16,18H,7H2,(H,17,19). The van der Waals surface area contributed by atoms with Gasteiger partial charge in [-0.15, -0.1) is 0 Å². The number of amides is 1. The van der Waals surface area contributed by atoms with Gasteiger partial charge in [0.25, 0.3) is 5.91 Å². The molecule has 0 aliphatic carbocycles. The van der Waals surface area contributed by atoms with E-state index in [0.717, 1.165) is 0 Å². The lowest BCUT2D eigenvalue weighted by Crippen LogP contribution is -2.31. The number of benzene rings is 1. The SMILES string of the molecule is O=C(NC(CO)c1ccc(F)c(Cl)c1)c1ccc[nH]1. The average Bonchev–Trinajstić information content (AvgIpc) is 2.93. The summed E-state index contributed by atoms with van der Waals surface area (Å²) in [6.45, 7) is -0.311. The van der Waals surface area contributed by atoms with Gasteiger partial charge in [-0.2, -0.15) is 0 Å². The first-order chi connectivity index (χ1) is 9.11. The molecule has 2 rings (SSSR count). The van der Waals surface area contributed by atoms with Gasteiger partial charge >= 0.3 is 0 Å². The summed E-state index contributed by atoms with van der Waals surface area (Å²) in [6.07, 6.45) is 1.62. The van der Waals surface area contributed by atoms with Crippen molar-refractivity contribution in [3.63, 3.8) is 0 Å². The van der Waals surface area contributed by atoms with Crippen LogP contribution in [0.25, 0.3) is 0 Å². The normalized spacial score (nSPS) is 12.2. The number of hydrogen-bond donors (Lipinski definition) is 3. The molecule has 0 aliphatic heterocycles. The van der Waals surface area contributed by atoms with Crippen LogP contribution in [0.3, 0.4) is 0 Å². The van der Waals surface area contributed by atoms with E-state index in [-0.39, 0.29) is 17.5 Å². The predicted octanol–water partition coefficient (Wildman–Crippen LogP) is 2.27. The number of aromatic nitrogens is 1. The Morgan fingerprint density at radius 2 is 2.26 bits per heavy atom. The summed E-state index contributed by atoms with van der Waals surface area (Å²) < 4.78 is 13.1. The molecule has 100 valence electrons. The second kappa shape index (κ2) is 5.86. The summed E-state index contributed by atoms with van der Waals surface area (Å²) in [5, 5.41) is 11.9. The number of rotatable bonds is 4. The van der Waals surface area contributed by atoms with Crippen LogP contribution in [0.5, 0.6) is 0 Å². The number of halogens is 2. The van der Waals surface area contributed by atoms with E-state index in [4.69, 9.17) is 11.6 Å². The predicted molar refractivity (Wildman–Crippen MR) is 69.5 cm³/mol. The molecule has 1 amide bonds. The van der Waals surface area contributed by atoms with E-state index < -0.39 is 11.9 Å². The third-order valence-corrected chi connectivity index (χ3v) is 2.97. The number of H-pyrrole nitrogens is 1. The Labute approximate surface area is 114 Å². The zero-order valence-corrected chi connectivity index (χ0v) is 10.6. The molecule has 4 nitrogen and oxygen atoms in total. The van der Waals surface area contributed by atoms with Crippen LogP contribution in [0.1, 0.15) is 22.1 Å². The Balaban J connectivity index is 2.16. The topological polar surface area (TPSA) is 65.1 Å². The van der Waals surface area contributed by atoms with Gasteiger partial charge in [-0.25, -0.2) is 4.39 Å². The summed E-state index contributed by atoms with van der Waals surface area (Å²) in [5.74, 6) is -0.901. The molecule has 2 aromatic rings. The first-order valence-electron chi connectivity index (χ1n) is 5.62. The summed E-state index contributed by atoms with van der Waals surface area (Å²) in [7, 11) is 0. The van der Waals surface area contributed by atoms with E-state index in [9.17, 15) is 14.3 Å². The summed E-state index contributed by atoms with van der Waals surface area (Å²) in [6, 6.07) is 6.71. The van der Waals surface area contributed by atoms with Crippen LogP contribution in [0.4, 0.5) is 4.39 Å². The second-order valence-corrected chi connectivity index (χ2v) is 4.37. The van der Waals surface area contributed by atoms with Gasteiger partial charge in [-0.1, -0.05) is 17.7 Å². The molecule has 19 heavy (non-hydrogen) atoms. The molecular weight excluding hydrogens is 271 g/mol. The van der Waals surface area contributed by atoms with E-state index in [1.165, 1.54) is 18.2 Å². The Morgan fingerprint density at radius 3 is 2.84 bits per heavy atom. The Kier molecular flexibility index (Phi) is 4.19. The quantitative estimate of drug-likeness (QED) is 0.805. The van der Waals surface area contributed by atoms with Crippen LogP contribution in [-0.4, -0.2) is 22.6 Å². The lowest BCUT2D eigenvalue weighted by Gasteiger charge is -2.16. The highest BCUT2D eigenvalue weighted by Crippen LogP contribution is 2.21. The molecule has 0 bridgehead atoms. The Bertz CT molecular complexity index is 572. The van der Waals surface area contributed by atoms with Crippen molar-refractivity contribution in [2.24, 2.45) is 0 Å². The van der Waals surface area contributed by atoms with Crippen LogP contribution in [-0.2, 0) is 0 Å². The van der Waals surface area contributed by atoms with Crippen molar-refractivity contribution >= 4 is 17.5 Å². The smallest absolute Gasteiger partial charge is 0.268 e. The van der Waals surface area contributed by atoms with Gasteiger partial charge in [0, 0.05) is 6.20 Å². The van der Waals surface area contributed by atoms with Crippen molar-refractivity contribution in [3.8, 4) is 0 Å². The zero-order chi connectivity index (χ0) is 13.8. The number of nitrogens with one attached hydrogen (secondary N) is 2. The lowest BCUT2D eigenvalue weighted by molar-refractivity contribution is 0.0912. The van der Waals surface area contributed by atoms with Crippen molar-refractivity contribution in [1.82, 2.24) is 10.3 Å². The number of aliphatic hydroxyl groups excluding tert-OH is 1. The molecule has 1 aromatic carbocycles. The number of aromatic amines is 1. The van der Waals surface area contributed by atoms with Gasteiger partial charge in [0.2, 0.25) is 0 Å². The molecule has 1 aromatic heterocycles. The van der Waals surface area contributed by atoms with Crippen molar-refractivity contribution < 1.29 is 14.3 Å². The van der Waals surface area contributed by atoms with Crippen LogP contribution in [0.15, 0.2) is 36.5 Å². The lowest BCUT2D eigenvalue weighted by atomic mass is 10.1. The second-order valence-electron chi connectivity index (χ2n) is 3.97. The maximum Gasteiger partial charge on any atom is 0.268 e. The molecule has 1 unspecified atom stereocenters. The highest BCUT2D eigenvalue weighted by molar-refractivity contribution is 6.30. The Morgan fingerprint density at radius 1 is 1.47 bits per heavy atom. The molecular formula is C13H12ClFN2O2. The summed E-state index contributed by atoms with van der Waals surface area (Å²) in [4.78, 5) is 14.6. The minimum Gasteiger partial charge on any atom is -0.394 e. The van der Waals surface area contributed by atoms with Gasteiger partial charge in [-0.3, -0.25) is 4.79 Å². The van der Waals surface area contributed by atoms with E-state index in [0.29, 0.717) is 11.3 Å². The van der Waals surface area contributed by atoms with Crippen molar-refractivity contribution in [2.45, 2.75) is 6.04 Å². The van der Waals surface area contributed by atoms with Gasteiger partial charge in [0.15, 0.2) is 0 Å². The number of carbonyl (C=O) groups is 1. The van der Waals surface area contributed by atoms with Crippen LogP contribution >= 0.6 is 11.6 Å². The number of carbonyl (C=O) groups excluding carboxylic acids is 1. The first kappa shape index (κ1) is 13.6. The van der Waals surface area contributed by atoms with Crippen LogP contribution in [0.2, 0.25) is 5.02 Å². The molecule has 0 radical (unpaired) electrons. The molecule has 0 spiro atoms. The maximum atomic E-state index is 13.1. The molecule has 1 heterocycles. The third kappa shape index (κ3) is 3.13. The fourth-order valence-corrected chi connectivity index (χ4v) is 1.86. The Hall–Kier alpha value is -1.85. The molecule has 1 atom stereocenters. The highest BCUT2D eigenvalue weighted by atomic mass is 35.5. The van der Waals surface area contributed by atoms with Crippen molar-refractivity contribution in [1.29, 1.82) is 0 Å². The van der Waals surface area contributed by atoms with E-state index in [1.807, 2.05) is 0 Å². The maximum absolute atomic E-state index is 13.1. The molecule has 0 aliphatic rings. The van der Waals surface area contributed by atoms with Gasteiger partial charge in [-0.05, 0) is 29.8 Å². The fourth-order valence-electron chi connectivity index (χ4n) is 1.67. The zero-order valence-electron chi connectivity index (χ0n) is 9.86. The van der Waals surface area contributed by atoms with E-state index in [1.54, 1.807) is 18.3 Å². The molecule has 0 saturated carbocycles. The number of hydrogen-bond acceptors (Lipinski definition) is 2. The van der Waals surface area contributed by atoms with E-state index >= 15 is 0 Å². The monoisotopic (exact) mass is 282 g/mol. The molecule has 0 fully saturated rings. The van der Waals surface area contributed by atoms with Gasteiger partial charge in [0.1, 0.15) is 11.5 Å². The van der Waals surface area contributed by atoms with E-state index in [2.05, 4.69) is 10.3 Å². The largest absolute Gasteiger partial charge is 0.394 e. The minimum absolute atomic E-state index is 0.0509. The molecule has 0 saturated heterocycles. The molecule has 3 N–H and O–H groups in total. The highest BCUT2D eigenvalue weighted by Gasteiger charge is 2.16. The molecule has 6 heteroatoms. The fraction of sp³-hybridized carbons (Fsp3) is 0.154. The summed E-state index contributed by atoms with van der Waals surface area (Å²) >= 11 is 5.68. The first-order valence-corrected chi connectivity index (χ1v) is 5.99. The van der Waals surface area contributed by atoms with Crippen molar-refractivity contribution in [3.05, 3.63) is 58.6 Å². The van der Waals surface area contributed by atoms with Crippen LogP contribution in [0, 0.1) is 5.82 Å². The number of aliphatic hydroxyl groups is 1. The third-order valence-electron chi connectivity index (χ3n) is 2.68. The van der Waals surface area contributed by atoms with Crippen molar-refractivity contribution in [2.75, 3.05) is 6.61 Å². The van der Waals surface area contributed by atoms with Gasteiger partial charge < -0.3 is 15.4 Å². The average molecular weight is 283 g/mol. The van der Waals surface area contributed by atoms with Gasteiger partial charge in [0.05, 0.1) is 17.7 Å². The minimum atomic E-state index is -0.645. The van der Waals surface area contributed by atoms with Crippen LogP contribution < -0.4 is 5.32 Å².